The Kier molecular flexibility index (Phi) is 5.12. The first-order chi connectivity index (χ1) is 10.8. The molecular formula is C15H16F3NO4. The zero-order chi connectivity index (χ0) is 17.0. The van der Waals surface area contributed by atoms with Gasteiger partial charge in [0.25, 0.3) is 5.91 Å². The van der Waals surface area contributed by atoms with E-state index in [1.54, 1.807) is 0 Å². The molecule has 1 unspecified atom stereocenters. The van der Waals surface area contributed by atoms with Gasteiger partial charge in [0.1, 0.15) is 11.8 Å². The number of carbonyl (C=O) groups excluding carboxylic acids is 2. The molecule has 1 fully saturated rings. The summed E-state index contributed by atoms with van der Waals surface area (Å²) < 4.78 is 44.8. The Balaban J connectivity index is 2.13. The van der Waals surface area contributed by atoms with Gasteiger partial charge in [-0.15, -0.1) is 13.2 Å². The molecule has 1 amide bonds. The molecule has 1 heterocycles. The Morgan fingerprint density at radius 1 is 1.17 bits per heavy atom. The van der Waals surface area contributed by atoms with Crippen LogP contribution in [0.3, 0.4) is 0 Å². The van der Waals surface area contributed by atoms with Crippen molar-refractivity contribution in [3.63, 3.8) is 0 Å². The van der Waals surface area contributed by atoms with Crippen LogP contribution in [0.5, 0.6) is 5.75 Å². The van der Waals surface area contributed by atoms with Crippen LogP contribution < -0.4 is 4.74 Å². The number of esters is 1. The Morgan fingerprint density at radius 3 is 2.39 bits per heavy atom. The smallest absolute Gasteiger partial charge is 0.467 e. The minimum atomic E-state index is -4.78. The van der Waals surface area contributed by atoms with Gasteiger partial charge in [-0.05, 0) is 43.5 Å². The summed E-state index contributed by atoms with van der Waals surface area (Å²) in [6.45, 7) is 0.402. The van der Waals surface area contributed by atoms with Crippen LogP contribution in [-0.4, -0.2) is 42.8 Å². The molecule has 1 saturated heterocycles. The molecule has 1 aromatic carbocycles. The fraction of sp³-hybridized carbons (Fsp3) is 0.467. The van der Waals surface area contributed by atoms with Crippen molar-refractivity contribution in [1.29, 1.82) is 0 Å². The van der Waals surface area contributed by atoms with Gasteiger partial charge in [-0.25, -0.2) is 4.79 Å². The van der Waals surface area contributed by atoms with Gasteiger partial charge in [0, 0.05) is 12.1 Å². The van der Waals surface area contributed by atoms with Gasteiger partial charge < -0.3 is 14.4 Å². The highest BCUT2D eigenvalue weighted by Crippen LogP contribution is 2.25. The monoisotopic (exact) mass is 331 g/mol. The Morgan fingerprint density at radius 2 is 1.83 bits per heavy atom. The third-order valence-electron chi connectivity index (χ3n) is 3.57. The summed E-state index contributed by atoms with van der Waals surface area (Å²) in [5, 5.41) is 0. The van der Waals surface area contributed by atoms with Gasteiger partial charge in [0.15, 0.2) is 0 Å². The van der Waals surface area contributed by atoms with Gasteiger partial charge >= 0.3 is 12.3 Å². The van der Waals surface area contributed by atoms with Crippen LogP contribution in [0, 0.1) is 0 Å². The average molecular weight is 331 g/mol. The van der Waals surface area contributed by atoms with E-state index >= 15 is 0 Å². The van der Waals surface area contributed by atoms with Crippen LogP contribution in [0.2, 0.25) is 0 Å². The van der Waals surface area contributed by atoms with Crippen molar-refractivity contribution in [2.75, 3.05) is 13.7 Å². The molecule has 0 bridgehead atoms. The summed E-state index contributed by atoms with van der Waals surface area (Å²) in [4.78, 5) is 25.6. The molecule has 0 N–H and O–H groups in total. The number of hydrogen-bond donors (Lipinski definition) is 0. The van der Waals surface area contributed by atoms with E-state index in [4.69, 9.17) is 4.74 Å². The highest BCUT2D eigenvalue weighted by molar-refractivity contribution is 5.97. The highest BCUT2D eigenvalue weighted by atomic mass is 19.4. The summed E-state index contributed by atoms with van der Waals surface area (Å²) in [6.07, 6.45) is -2.71. The van der Waals surface area contributed by atoms with Gasteiger partial charge in [-0.2, -0.15) is 0 Å². The van der Waals surface area contributed by atoms with Crippen LogP contribution in [0.4, 0.5) is 13.2 Å². The summed E-state index contributed by atoms with van der Waals surface area (Å²) in [5.41, 5.74) is 0.190. The second-order valence-corrected chi connectivity index (χ2v) is 5.11. The van der Waals surface area contributed by atoms with Crippen molar-refractivity contribution in [1.82, 2.24) is 4.90 Å². The predicted molar refractivity (Wildman–Crippen MR) is 73.8 cm³/mol. The van der Waals surface area contributed by atoms with Gasteiger partial charge in [0.05, 0.1) is 7.11 Å². The van der Waals surface area contributed by atoms with E-state index in [1.807, 2.05) is 0 Å². The third-order valence-corrected chi connectivity index (χ3v) is 3.57. The van der Waals surface area contributed by atoms with E-state index < -0.39 is 30.0 Å². The first-order valence-electron chi connectivity index (χ1n) is 7.06. The standard InChI is InChI=1S/C15H16F3NO4/c1-22-14(21)12-4-2-3-9-19(12)13(20)10-5-7-11(8-6-10)23-15(16,17)18/h5-8,12H,2-4,9H2,1H3. The molecule has 2 rings (SSSR count). The minimum absolute atomic E-state index is 0.190. The first kappa shape index (κ1) is 17.1. The fourth-order valence-electron chi connectivity index (χ4n) is 2.52. The molecular weight excluding hydrogens is 315 g/mol. The molecule has 1 atom stereocenters. The van der Waals surface area contributed by atoms with Crippen molar-refractivity contribution < 1.29 is 32.2 Å². The zero-order valence-corrected chi connectivity index (χ0v) is 12.4. The predicted octanol–water partition coefficient (Wildman–Crippen LogP) is 2.75. The summed E-state index contributed by atoms with van der Waals surface area (Å²) in [6, 6.07) is 3.96. The lowest BCUT2D eigenvalue weighted by atomic mass is 10.0. The summed E-state index contributed by atoms with van der Waals surface area (Å²) >= 11 is 0. The number of alkyl halides is 3. The molecule has 1 aliphatic heterocycles. The largest absolute Gasteiger partial charge is 0.573 e. The van der Waals surface area contributed by atoms with E-state index in [2.05, 4.69) is 4.74 Å². The maximum Gasteiger partial charge on any atom is 0.573 e. The van der Waals surface area contributed by atoms with Crippen LogP contribution in [-0.2, 0) is 9.53 Å². The molecule has 126 valence electrons. The Hall–Kier alpha value is -2.25. The zero-order valence-electron chi connectivity index (χ0n) is 12.4. The van der Waals surface area contributed by atoms with E-state index in [9.17, 15) is 22.8 Å². The lowest BCUT2D eigenvalue weighted by Crippen LogP contribution is -2.48. The number of likely N-dealkylation sites (tertiary alicyclic amines) is 1. The second-order valence-electron chi connectivity index (χ2n) is 5.11. The normalized spacial score (nSPS) is 18.4. The molecule has 0 spiro atoms. The van der Waals surface area contributed by atoms with E-state index in [1.165, 1.54) is 24.1 Å². The molecule has 1 aromatic rings. The summed E-state index contributed by atoms with van der Waals surface area (Å²) in [5.74, 6) is -1.31. The number of carbonyl (C=O) groups is 2. The number of amides is 1. The van der Waals surface area contributed by atoms with Crippen molar-refractivity contribution in [2.24, 2.45) is 0 Å². The number of halogens is 3. The fourth-order valence-corrected chi connectivity index (χ4v) is 2.52. The lowest BCUT2D eigenvalue weighted by molar-refractivity contribution is -0.274. The van der Waals surface area contributed by atoms with Crippen LogP contribution >= 0.6 is 0 Å². The van der Waals surface area contributed by atoms with Crippen LogP contribution in [0.25, 0.3) is 0 Å². The third kappa shape index (κ3) is 4.37. The first-order valence-corrected chi connectivity index (χ1v) is 7.06. The van der Waals surface area contributed by atoms with Gasteiger partial charge in [-0.3, -0.25) is 4.79 Å². The van der Waals surface area contributed by atoms with Gasteiger partial charge in [-0.1, -0.05) is 0 Å². The van der Waals surface area contributed by atoms with E-state index in [-0.39, 0.29) is 5.56 Å². The van der Waals surface area contributed by atoms with Crippen molar-refractivity contribution in [3.8, 4) is 5.75 Å². The van der Waals surface area contributed by atoms with Crippen molar-refractivity contribution in [3.05, 3.63) is 29.8 Å². The number of methoxy groups -OCH3 is 1. The summed E-state index contributed by atoms with van der Waals surface area (Å²) in [7, 11) is 1.25. The highest BCUT2D eigenvalue weighted by Gasteiger charge is 2.34. The molecule has 0 radical (unpaired) electrons. The second kappa shape index (κ2) is 6.89. The molecule has 0 aliphatic carbocycles. The van der Waals surface area contributed by atoms with Crippen molar-refractivity contribution >= 4 is 11.9 Å². The van der Waals surface area contributed by atoms with Crippen LogP contribution in [0.15, 0.2) is 24.3 Å². The Bertz CT molecular complexity index is 571. The SMILES string of the molecule is COC(=O)C1CCCCN1C(=O)c1ccc(OC(F)(F)F)cc1. The number of piperidine rings is 1. The number of rotatable bonds is 3. The molecule has 0 aromatic heterocycles. The van der Waals surface area contributed by atoms with Crippen LogP contribution in [0.1, 0.15) is 29.6 Å². The molecule has 1 aliphatic rings. The number of ether oxygens (including phenoxy) is 2. The van der Waals surface area contributed by atoms with E-state index in [0.717, 1.165) is 25.0 Å². The number of hydrogen-bond acceptors (Lipinski definition) is 4. The maximum atomic E-state index is 12.5. The number of nitrogens with zero attached hydrogens (tertiary/aromatic N) is 1. The lowest BCUT2D eigenvalue weighted by Gasteiger charge is -2.33. The molecule has 23 heavy (non-hydrogen) atoms. The van der Waals surface area contributed by atoms with E-state index in [0.29, 0.717) is 13.0 Å². The van der Waals surface area contributed by atoms with Crippen molar-refractivity contribution in [2.45, 2.75) is 31.7 Å². The molecule has 8 heteroatoms. The minimum Gasteiger partial charge on any atom is -0.467 e. The average Bonchev–Trinajstić information content (AvgIpc) is 2.52. The quantitative estimate of drug-likeness (QED) is 0.799. The molecule has 5 nitrogen and oxygen atoms in total. The van der Waals surface area contributed by atoms with Gasteiger partial charge in [0.2, 0.25) is 0 Å². The maximum absolute atomic E-state index is 12.5. The Labute approximate surface area is 131 Å². The number of benzene rings is 1. The topological polar surface area (TPSA) is 55.8 Å². The molecule has 0 saturated carbocycles.